The Balaban J connectivity index is 2.04. The molecule has 1 saturated heterocycles. The average Bonchev–Trinajstić information content (AvgIpc) is 2.95. The van der Waals surface area contributed by atoms with Crippen molar-refractivity contribution in [3.63, 3.8) is 0 Å². The number of hydrogen-bond acceptors (Lipinski definition) is 10. The highest BCUT2D eigenvalue weighted by molar-refractivity contribution is 5.96. The molecule has 1 aliphatic heterocycles. The fraction of sp³-hybridized carbons (Fsp3) is 0.688. The van der Waals surface area contributed by atoms with Crippen LogP contribution in [0.1, 0.15) is 27.0 Å². The molecule has 7 N–H and O–H groups in total. The van der Waals surface area contributed by atoms with Gasteiger partial charge < -0.3 is 31.1 Å². The Labute approximate surface area is 165 Å². The van der Waals surface area contributed by atoms with Crippen molar-refractivity contribution in [3.05, 3.63) is 16.8 Å². The molecule has 13 heteroatoms. The van der Waals surface area contributed by atoms with Gasteiger partial charge in [0.15, 0.2) is 6.23 Å². The molecule has 0 aromatic carbocycles. The van der Waals surface area contributed by atoms with E-state index < -0.39 is 60.7 Å². The van der Waals surface area contributed by atoms with Crippen LogP contribution in [0.2, 0.25) is 0 Å². The van der Waals surface area contributed by atoms with E-state index in [0.717, 1.165) is 10.9 Å². The lowest BCUT2D eigenvalue weighted by Crippen LogP contribution is -2.50. The molecule has 0 unspecified atom stereocenters. The molecule has 0 spiro atoms. The van der Waals surface area contributed by atoms with Crippen LogP contribution in [0.4, 0.5) is 5.95 Å². The summed E-state index contributed by atoms with van der Waals surface area (Å²) in [5.41, 5.74) is 4.81. The zero-order chi connectivity index (χ0) is 21.9. The van der Waals surface area contributed by atoms with Crippen LogP contribution >= 0.6 is 0 Å². The molecule has 2 rings (SSSR count). The number of hydrogen-bond donors (Lipinski definition) is 6. The number of aliphatic hydroxyl groups excluding tert-OH is 3. The Morgan fingerprint density at radius 1 is 1.28 bits per heavy atom. The van der Waals surface area contributed by atoms with Gasteiger partial charge in [-0.3, -0.25) is 19.5 Å². The van der Waals surface area contributed by atoms with Gasteiger partial charge in [0.25, 0.3) is 0 Å². The molecule has 0 radical (unpaired) electrons. The molecule has 2 amide bonds. The van der Waals surface area contributed by atoms with Crippen molar-refractivity contribution in [1.29, 1.82) is 0 Å². The van der Waals surface area contributed by atoms with Crippen LogP contribution in [-0.2, 0) is 14.3 Å². The Morgan fingerprint density at radius 2 is 1.93 bits per heavy atom. The van der Waals surface area contributed by atoms with Crippen LogP contribution in [0.15, 0.2) is 11.1 Å². The lowest BCUT2D eigenvalue weighted by Gasteiger charge is -2.19. The van der Waals surface area contributed by atoms with Gasteiger partial charge in [0, 0.05) is 0 Å². The minimum atomic E-state index is -1.48. The molecule has 1 aliphatic rings. The summed E-state index contributed by atoms with van der Waals surface area (Å²) in [5, 5.41) is 33.6. The molecule has 1 aromatic heterocycles. The van der Waals surface area contributed by atoms with E-state index in [1.807, 2.05) is 0 Å². The van der Waals surface area contributed by atoms with Gasteiger partial charge in [-0.05, 0) is 12.8 Å². The van der Waals surface area contributed by atoms with E-state index in [1.165, 1.54) is 6.92 Å². The van der Waals surface area contributed by atoms with Crippen molar-refractivity contribution in [3.8, 4) is 0 Å². The Morgan fingerprint density at radius 3 is 2.45 bits per heavy atom. The molecule has 29 heavy (non-hydrogen) atoms. The zero-order valence-electron chi connectivity index (χ0n) is 16.2. The number of aromatic nitrogens is 3. The van der Waals surface area contributed by atoms with E-state index in [-0.39, 0.29) is 11.9 Å². The third kappa shape index (κ3) is 5.13. The number of nitrogens with one attached hydrogen (secondary N) is 2. The number of rotatable bonds is 7. The molecular weight excluding hydrogens is 388 g/mol. The van der Waals surface area contributed by atoms with Crippen LogP contribution < -0.4 is 22.1 Å². The number of carbonyl (C=O) groups is 2. The van der Waals surface area contributed by atoms with Crippen molar-refractivity contribution in [2.24, 2.45) is 11.7 Å². The molecule has 6 atom stereocenters. The highest BCUT2D eigenvalue weighted by Crippen LogP contribution is 2.27. The first-order valence-electron chi connectivity index (χ1n) is 9.01. The lowest BCUT2D eigenvalue weighted by atomic mass is 10.0. The number of nitrogens with two attached hydrogens (primary N) is 1. The topological polar surface area (TPSA) is 202 Å². The molecule has 0 bridgehead atoms. The minimum absolute atomic E-state index is 0.113. The monoisotopic (exact) mass is 414 g/mol. The summed E-state index contributed by atoms with van der Waals surface area (Å²) >= 11 is 0. The first-order valence-corrected chi connectivity index (χ1v) is 9.01. The van der Waals surface area contributed by atoms with E-state index >= 15 is 0 Å². The van der Waals surface area contributed by atoms with E-state index in [2.05, 4.69) is 20.6 Å². The van der Waals surface area contributed by atoms with Crippen LogP contribution in [0.3, 0.4) is 0 Å². The van der Waals surface area contributed by atoms with E-state index in [0.29, 0.717) is 0 Å². The van der Waals surface area contributed by atoms with Crippen molar-refractivity contribution >= 4 is 17.8 Å². The fourth-order valence-electron chi connectivity index (χ4n) is 2.58. The summed E-state index contributed by atoms with van der Waals surface area (Å²) in [7, 11) is 0. The average molecular weight is 414 g/mol. The highest BCUT2D eigenvalue weighted by Gasteiger charge is 2.44. The summed E-state index contributed by atoms with van der Waals surface area (Å²) in [5.74, 6) is -1.60. The van der Waals surface area contributed by atoms with Crippen LogP contribution in [0.5, 0.6) is 0 Å². The lowest BCUT2D eigenvalue weighted by molar-refractivity contribution is -0.127. The first-order chi connectivity index (χ1) is 13.6. The van der Waals surface area contributed by atoms with Crippen molar-refractivity contribution in [2.45, 2.75) is 57.4 Å². The molecule has 1 fully saturated rings. The third-order valence-corrected chi connectivity index (χ3v) is 4.53. The number of aliphatic hydroxyl groups is 3. The Hall–Kier alpha value is -2.45. The third-order valence-electron chi connectivity index (χ3n) is 4.53. The molecule has 13 nitrogen and oxygen atoms in total. The van der Waals surface area contributed by atoms with Gasteiger partial charge in [-0.25, -0.2) is 9.78 Å². The minimum Gasteiger partial charge on any atom is -0.394 e. The van der Waals surface area contributed by atoms with Crippen molar-refractivity contribution < 1.29 is 29.6 Å². The van der Waals surface area contributed by atoms with Gasteiger partial charge in [-0.2, -0.15) is 4.98 Å². The smallest absolute Gasteiger partial charge is 0.354 e. The fourth-order valence-corrected chi connectivity index (χ4v) is 2.58. The van der Waals surface area contributed by atoms with Crippen LogP contribution in [0.25, 0.3) is 0 Å². The molecule has 0 saturated carbocycles. The Kier molecular flexibility index (Phi) is 7.37. The quantitative estimate of drug-likeness (QED) is 0.262. The molecule has 1 aromatic rings. The maximum atomic E-state index is 12.2. The van der Waals surface area contributed by atoms with E-state index in [4.69, 9.17) is 15.6 Å². The number of ether oxygens (including phenoxy) is 1. The number of carbonyl (C=O) groups excluding carboxylic acids is 2. The molecule has 162 valence electrons. The number of amides is 2. The molecule has 0 aliphatic carbocycles. The van der Waals surface area contributed by atoms with Gasteiger partial charge in [0.1, 0.15) is 30.7 Å². The summed E-state index contributed by atoms with van der Waals surface area (Å²) in [6, 6.07) is -1.74. The Bertz CT molecular complexity index is 800. The first kappa shape index (κ1) is 22.8. The second kappa shape index (κ2) is 9.37. The summed E-state index contributed by atoms with van der Waals surface area (Å²) < 4.78 is 6.06. The van der Waals surface area contributed by atoms with E-state index in [1.54, 1.807) is 13.8 Å². The molecule has 2 heterocycles. The summed E-state index contributed by atoms with van der Waals surface area (Å²) in [6.07, 6.45) is -4.26. The summed E-state index contributed by atoms with van der Waals surface area (Å²) in [4.78, 5) is 43.7. The van der Waals surface area contributed by atoms with Gasteiger partial charge in [-0.1, -0.05) is 13.8 Å². The largest absolute Gasteiger partial charge is 0.394 e. The number of anilines is 1. The second-order valence-electron chi connectivity index (χ2n) is 7.09. The van der Waals surface area contributed by atoms with Crippen molar-refractivity contribution in [1.82, 2.24) is 19.9 Å². The standard InChI is InChI=1S/C16H26N6O7/c1-6(2)9(17)13(27)19-7(3)12(26)20-15-18-5-22(16(28)21-15)14-11(25)10(24)8(4-23)29-14/h5-11,14,23-25H,4,17H2,1-3H3,(H,19,27)(H,20,21,26,28)/t7-,8+,9-,10+,11+,14+/m0/s1. The SMILES string of the molecule is CC(C)[C@H](N)C(=O)N[C@@H](C)C(=O)Nc1ncn([C@@H]2O[C@H](CO)[C@@H](O)[C@H]2O)c(=O)n1. The van der Waals surface area contributed by atoms with Gasteiger partial charge in [0.05, 0.1) is 12.6 Å². The number of nitrogens with zero attached hydrogens (tertiary/aromatic N) is 3. The van der Waals surface area contributed by atoms with Crippen LogP contribution in [-0.4, -0.2) is 78.7 Å². The maximum Gasteiger partial charge on any atom is 0.354 e. The highest BCUT2D eigenvalue weighted by atomic mass is 16.6. The van der Waals surface area contributed by atoms with Crippen LogP contribution in [0, 0.1) is 5.92 Å². The van der Waals surface area contributed by atoms with Gasteiger partial charge in [-0.15, -0.1) is 0 Å². The van der Waals surface area contributed by atoms with Gasteiger partial charge >= 0.3 is 5.69 Å². The molecular formula is C16H26N6O7. The zero-order valence-corrected chi connectivity index (χ0v) is 16.2. The van der Waals surface area contributed by atoms with Gasteiger partial charge in [0.2, 0.25) is 17.8 Å². The summed E-state index contributed by atoms with van der Waals surface area (Å²) in [6.45, 7) is 4.42. The maximum absolute atomic E-state index is 12.2. The predicted molar refractivity (Wildman–Crippen MR) is 98.3 cm³/mol. The van der Waals surface area contributed by atoms with Crippen molar-refractivity contribution in [2.75, 3.05) is 11.9 Å². The predicted octanol–water partition coefficient (Wildman–Crippen LogP) is -3.32. The second-order valence-corrected chi connectivity index (χ2v) is 7.09. The van der Waals surface area contributed by atoms with E-state index in [9.17, 15) is 24.6 Å². The normalized spacial score (nSPS) is 26.2.